The number of carbonyl (C=O) groups excluding carboxylic acids is 5. The van der Waals surface area contributed by atoms with Gasteiger partial charge in [-0.05, 0) is 49.9 Å². The number of rotatable bonds is 10. The second kappa shape index (κ2) is 12.3. The minimum Gasteiger partial charge on any atom is -0.363 e. The monoisotopic (exact) mass is 575 g/mol. The number of carbonyl (C=O) groups is 5. The zero-order chi connectivity index (χ0) is 30.8. The molecule has 0 aromatic rings. The zero-order valence-corrected chi connectivity index (χ0v) is 24.4. The van der Waals surface area contributed by atoms with Crippen LogP contribution in [0.4, 0.5) is 18.0 Å². The van der Waals surface area contributed by atoms with Crippen molar-refractivity contribution in [1.82, 2.24) is 20.9 Å². The van der Waals surface area contributed by atoms with Crippen LogP contribution in [-0.4, -0.2) is 70.8 Å². The van der Waals surface area contributed by atoms with E-state index >= 15 is 0 Å². The van der Waals surface area contributed by atoms with Gasteiger partial charge in [0.2, 0.25) is 17.6 Å². The Kier molecular flexibility index (Phi) is 10.3. The Morgan fingerprint density at radius 2 is 1.52 bits per heavy atom. The van der Waals surface area contributed by atoms with Crippen LogP contribution >= 0.6 is 0 Å². The lowest BCUT2D eigenvalue weighted by Crippen LogP contribution is -2.63. The van der Waals surface area contributed by atoms with Crippen molar-refractivity contribution in [2.24, 2.45) is 28.9 Å². The fourth-order valence-corrected chi connectivity index (χ4v) is 5.16. The number of nitrogens with zero attached hydrogens (tertiary/aromatic N) is 1. The van der Waals surface area contributed by atoms with Crippen molar-refractivity contribution in [3.8, 4) is 0 Å². The maximum absolute atomic E-state index is 13.9. The van der Waals surface area contributed by atoms with Gasteiger partial charge in [0.1, 0.15) is 17.6 Å². The lowest BCUT2D eigenvalue weighted by Gasteiger charge is -2.38. The van der Waals surface area contributed by atoms with Gasteiger partial charge in [-0.25, -0.2) is 4.79 Å². The molecule has 0 aromatic heterocycles. The highest BCUT2D eigenvalue weighted by Crippen LogP contribution is 2.35. The van der Waals surface area contributed by atoms with E-state index in [0.717, 1.165) is 33.1 Å². The summed E-state index contributed by atoms with van der Waals surface area (Å²) in [5.74, 6) is -3.47. The van der Waals surface area contributed by atoms with E-state index in [4.69, 9.17) is 5.73 Å². The first-order valence-corrected chi connectivity index (χ1v) is 13.8. The molecule has 1 saturated carbocycles. The normalized spacial score (nSPS) is 21.8. The molecule has 228 valence electrons. The number of hydrogen-bond acceptors (Lipinski definition) is 5. The molecule has 13 heteroatoms. The number of ketones is 1. The summed E-state index contributed by atoms with van der Waals surface area (Å²) in [5.41, 5.74) is 1.76. The van der Waals surface area contributed by atoms with Crippen LogP contribution in [0.15, 0.2) is 0 Å². The van der Waals surface area contributed by atoms with Gasteiger partial charge in [-0.15, -0.1) is 0 Å². The molecule has 5 amide bonds. The SMILES string of the molecule is CC(C)[C@@H]1CCN(C(=O)C(NC(=O)NC(C)(C)C(F)(F)F)C(C)(C)C)C1C(=O)NC(CC1CCC1)C(=O)C(N)=O. The average molecular weight is 576 g/mol. The van der Waals surface area contributed by atoms with Gasteiger partial charge in [-0.1, -0.05) is 53.9 Å². The van der Waals surface area contributed by atoms with Crippen LogP contribution < -0.4 is 21.7 Å². The number of nitrogens with one attached hydrogen (secondary N) is 3. The smallest absolute Gasteiger partial charge is 0.363 e. The van der Waals surface area contributed by atoms with Crippen molar-refractivity contribution in [3.05, 3.63) is 0 Å². The average Bonchev–Trinajstić information content (AvgIpc) is 3.21. The topological polar surface area (TPSA) is 151 Å². The van der Waals surface area contributed by atoms with Crippen LogP contribution in [0.25, 0.3) is 0 Å². The van der Waals surface area contributed by atoms with Gasteiger partial charge in [0.05, 0.1) is 6.04 Å². The molecule has 40 heavy (non-hydrogen) atoms. The Hall–Kier alpha value is -2.86. The van der Waals surface area contributed by atoms with E-state index < -0.39 is 64.8 Å². The lowest BCUT2D eigenvalue weighted by molar-refractivity contribution is -0.182. The fourth-order valence-electron chi connectivity index (χ4n) is 5.16. The Labute approximate surface area is 233 Å². The summed E-state index contributed by atoms with van der Waals surface area (Å²) in [5, 5.41) is 6.94. The largest absolute Gasteiger partial charge is 0.411 e. The molecule has 1 heterocycles. The molecule has 10 nitrogen and oxygen atoms in total. The number of likely N-dealkylation sites (tertiary alicyclic amines) is 1. The third-order valence-corrected chi connectivity index (χ3v) is 8.05. The molecule has 2 rings (SSSR count). The number of halogens is 3. The predicted octanol–water partition coefficient (Wildman–Crippen LogP) is 2.64. The summed E-state index contributed by atoms with van der Waals surface area (Å²) in [4.78, 5) is 65.7. The highest BCUT2D eigenvalue weighted by Gasteiger charge is 2.50. The van der Waals surface area contributed by atoms with E-state index in [1.165, 1.54) is 4.90 Å². The van der Waals surface area contributed by atoms with Gasteiger partial charge in [-0.2, -0.15) is 13.2 Å². The number of alkyl halides is 3. The lowest BCUT2D eigenvalue weighted by atomic mass is 9.80. The number of nitrogens with two attached hydrogens (primary N) is 1. The first kappa shape index (κ1) is 33.3. The molecule has 4 atom stereocenters. The quantitative estimate of drug-likeness (QED) is 0.295. The predicted molar refractivity (Wildman–Crippen MR) is 142 cm³/mol. The van der Waals surface area contributed by atoms with E-state index in [0.29, 0.717) is 6.42 Å². The molecule has 0 radical (unpaired) electrons. The van der Waals surface area contributed by atoms with Crippen molar-refractivity contribution in [2.45, 2.75) is 110 Å². The van der Waals surface area contributed by atoms with Crippen molar-refractivity contribution >= 4 is 29.5 Å². The summed E-state index contributed by atoms with van der Waals surface area (Å²) < 4.78 is 40.0. The molecule has 3 unspecified atom stereocenters. The second-order valence-electron chi connectivity index (χ2n) is 13.0. The van der Waals surface area contributed by atoms with Crippen LogP contribution in [0.5, 0.6) is 0 Å². The van der Waals surface area contributed by atoms with Crippen LogP contribution in [-0.2, 0) is 19.2 Å². The number of Topliss-reactive ketones (excluding diaryl/α,β-unsaturated/α-hetero) is 1. The third kappa shape index (κ3) is 7.87. The number of hydrogen-bond donors (Lipinski definition) is 4. The van der Waals surface area contributed by atoms with Gasteiger partial charge < -0.3 is 26.6 Å². The van der Waals surface area contributed by atoms with E-state index in [1.54, 1.807) is 20.8 Å². The van der Waals surface area contributed by atoms with Crippen molar-refractivity contribution < 1.29 is 37.1 Å². The van der Waals surface area contributed by atoms with E-state index in [9.17, 15) is 37.1 Å². The van der Waals surface area contributed by atoms with Crippen LogP contribution in [0, 0.1) is 23.2 Å². The number of primary amides is 1. The molecule has 2 aliphatic rings. The molecule has 2 fully saturated rings. The van der Waals surface area contributed by atoms with Crippen molar-refractivity contribution in [1.29, 1.82) is 0 Å². The van der Waals surface area contributed by atoms with Gasteiger partial charge >= 0.3 is 12.2 Å². The molecular formula is C27H44F3N5O5. The Bertz CT molecular complexity index is 988. The van der Waals surface area contributed by atoms with Gasteiger partial charge in [-0.3, -0.25) is 19.2 Å². The number of urea groups is 1. The zero-order valence-electron chi connectivity index (χ0n) is 24.4. The highest BCUT2D eigenvalue weighted by molar-refractivity contribution is 6.37. The van der Waals surface area contributed by atoms with Gasteiger partial charge in [0, 0.05) is 6.54 Å². The van der Waals surface area contributed by atoms with Crippen LogP contribution in [0.1, 0.15) is 80.6 Å². The Balaban J connectivity index is 2.33. The molecule has 1 aliphatic heterocycles. The van der Waals surface area contributed by atoms with Crippen LogP contribution in [0.2, 0.25) is 0 Å². The minimum atomic E-state index is -4.73. The maximum Gasteiger partial charge on any atom is 0.411 e. The van der Waals surface area contributed by atoms with Gasteiger partial charge in [0.25, 0.3) is 5.91 Å². The fraction of sp³-hybridized carbons (Fsp3) is 0.815. The Morgan fingerprint density at radius 1 is 0.950 bits per heavy atom. The maximum atomic E-state index is 13.9. The molecule has 0 spiro atoms. The first-order valence-electron chi connectivity index (χ1n) is 13.8. The standard InChI is InChI=1S/C27H44F3N5O5/c1-14(2)16-11-12-35(18(16)22(38)32-17(19(36)21(31)37)13-15-9-8-10-15)23(39)20(25(3,4)5)33-24(40)34-26(6,7)27(28,29)30/h14-18,20H,8-13H2,1-7H3,(H2,31,37)(H,32,38)(H2,33,34,40)/t16-,17?,18?,20?/m0/s1. The molecule has 5 N–H and O–H groups in total. The van der Waals surface area contributed by atoms with Crippen LogP contribution in [0.3, 0.4) is 0 Å². The Morgan fingerprint density at radius 3 is 1.95 bits per heavy atom. The van der Waals surface area contributed by atoms with Crippen molar-refractivity contribution in [2.75, 3.05) is 6.54 Å². The molecule has 1 saturated heterocycles. The molecular weight excluding hydrogens is 531 g/mol. The van der Waals surface area contributed by atoms with E-state index in [1.807, 2.05) is 19.2 Å². The van der Waals surface area contributed by atoms with E-state index in [2.05, 4.69) is 10.6 Å². The highest BCUT2D eigenvalue weighted by atomic mass is 19.4. The summed E-state index contributed by atoms with van der Waals surface area (Å²) in [6, 6.07) is -4.58. The molecule has 1 aliphatic carbocycles. The number of amides is 5. The first-order chi connectivity index (χ1) is 18.2. The third-order valence-electron chi connectivity index (χ3n) is 8.05. The summed E-state index contributed by atoms with van der Waals surface area (Å²) in [6.07, 6.45) is -1.27. The second-order valence-corrected chi connectivity index (χ2v) is 13.0. The molecule has 0 bridgehead atoms. The summed E-state index contributed by atoms with van der Waals surface area (Å²) >= 11 is 0. The molecule has 0 aromatic carbocycles. The minimum absolute atomic E-state index is 0.0394. The van der Waals surface area contributed by atoms with Gasteiger partial charge in [0.15, 0.2) is 0 Å². The summed E-state index contributed by atoms with van der Waals surface area (Å²) in [7, 11) is 0. The summed E-state index contributed by atoms with van der Waals surface area (Å²) in [6.45, 7) is 10.5. The van der Waals surface area contributed by atoms with E-state index in [-0.39, 0.29) is 30.7 Å². The van der Waals surface area contributed by atoms with Crippen molar-refractivity contribution in [3.63, 3.8) is 0 Å².